The molecule has 18 rings (SSSR count). The molecule has 3 spiro atoms. The van der Waals surface area contributed by atoms with Gasteiger partial charge in [-0.2, -0.15) is 39.5 Å². The van der Waals surface area contributed by atoms with E-state index in [9.17, 15) is 93.5 Å². The number of amides is 6. The normalized spacial score (nSPS) is 21.7. The topological polar surface area (TPSA) is 325 Å². The van der Waals surface area contributed by atoms with Gasteiger partial charge in [-0.05, 0) is 280 Å². The summed E-state index contributed by atoms with van der Waals surface area (Å²) in [5.41, 5.74) is 0.266. The second kappa shape index (κ2) is 53.3. The van der Waals surface area contributed by atoms with Crippen LogP contribution in [0.15, 0.2) is 174 Å². The molecule has 148 heavy (non-hydrogen) atoms. The number of rotatable bonds is 17. The van der Waals surface area contributed by atoms with Crippen molar-refractivity contribution in [1.82, 2.24) is 43.6 Å². The van der Waals surface area contributed by atoms with Crippen LogP contribution >= 0.6 is 23.2 Å². The van der Waals surface area contributed by atoms with Gasteiger partial charge in [0.2, 0.25) is 30.1 Å². The lowest BCUT2D eigenvalue weighted by molar-refractivity contribution is -0.138. The molecule has 0 saturated carbocycles. The summed E-state index contributed by atoms with van der Waals surface area (Å²) in [5, 5.41) is 7.91. The first-order valence-electron chi connectivity index (χ1n) is 49.6. The number of unbranched alkanes of at least 4 members (excludes halogenated alkanes) is 3. The van der Waals surface area contributed by atoms with Crippen molar-refractivity contribution in [2.75, 3.05) is 129 Å². The summed E-state index contributed by atoms with van der Waals surface area (Å²) in [7, 11) is -5.74. The smallest absolute Gasteiger partial charge is 0.416 e. The Hall–Kier alpha value is -10.8. The first kappa shape index (κ1) is 119. The molecule has 6 amide bonds. The SMILES string of the molecule is C.C=CCCCCCN(C)C(=O)c1ccc(CCS(=O)(=O)N2CCC3(CC2)N=C(c2cc(OCCC=C)cc(C(F)(F)F)c2)NC3=O)c(C)c1.Cc1cc2ccc1CCS(=O)(=O)N1CCC3(CC1)N=C(NC3=O)c1cc(cc(C(F)(F)F)c1)OCC/C=C/CCCCCN(C)C2=O.Cc1cc2ccc1CCS(=O)(=O)N1CCC3(CC1)N=C(NC3=O)c1cc(cc(C(F)(F)F)c1)OCC/C=C\CCCCCN(C)C2=O.ClCCCl. The van der Waals surface area contributed by atoms with Crippen molar-refractivity contribution in [2.24, 2.45) is 15.0 Å². The zero-order chi connectivity index (χ0) is 107. The molecule has 12 aliphatic heterocycles. The molecule has 14 bridgehead atoms. The second-order valence-electron chi connectivity index (χ2n) is 37.9. The zero-order valence-electron chi connectivity index (χ0n) is 83.8. The lowest BCUT2D eigenvalue weighted by atomic mass is 9.89. The third kappa shape index (κ3) is 32.4. The first-order chi connectivity index (χ1) is 69.6. The van der Waals surface area contributed by atoms with Crippen molar-refractivity contribution in [2.45, 2.75) is 217 Å². The number of aliphatic imine (C=N–C) groups is 3. The number of halogens is 11. The van der Waals surface area contributed by atoms with E-state index >= 15 is 0 Å². The summed E-state index contributed by atoms with van der Waals surface area (Å²) in [6.45, 7) is 15.5. The Morgan fingerprint density at radius 2 is 0.912 bits per heavy atom. The van der Waals surface area contributed by atoms with Crippen molar-refractivity contribution >= 4 is 106 Å². The molecule has 3 fully saturated rings. The number of nitrogens with zero attached hydrogens (tertiary/aromatic N) is 9. The van der Waals surface area contributed by atoms with E-state index in [2.05, 4.69) is 44.1 Å². The van der Waals surface area contributed by atoms with E-state index in [0.717, 1.165) is 147 Å². The van der Waals surface area contributed by atoms with Crippen molar-refractivity contribution in [3.05, 3.63) is 242 Å². The molecule has 3 N–H and O–H groups in total. The van der Waals surface area contributed by atoms with Crippen molar-refractivity contribution in [3.63, 3.8) is 0 Å². The number of allylic oxidation sites excluding steroid dienone is 3. The number of hydrogen-bond acceptors (Lipinski definition) is 18. The molecule has 12 aliphatic rings. The van der Waals surface area contributed by atoms with Crippen molar-refractivity contribution in [1.29, 1.82) is 0 Å². The molecule has 0 atom stereocenters. The maximum absolute atomic E-state index is 13.8. The maximum atomic E-state index is 13.8. The largest absolute Gasteiger partial charge is 0.493 e. The lowest BCUT2D eigenvalue weighted by Crippen LogP contribution is -2.50. The molecule has 0 radical (unpaired) electrons. The average molecular weight is 2170 g/mol. The molecule has 0 aromatic heterocycles. The van der Waals surface area contributed by atoms with Crippen LogP contribution in [-0.2, 0) is 82.2 Å². The highest BCUT2D eigenvalue weighted by Gasteiger charge is 2.52. The number of benzene rings is 6. The molecular weight excluding hydrogens is 2030 g/mol. The Kier molecular flexibility index (Phi) is 42.8. The molecule has 27 nitrogen and oxygen atoms in total. The summed E-state index contributed by atoms with van der Waals surface area (Å²) >= 11 is 10.1. The fourth-order valence-electron chi connectivity index (χ4n) is 18.3. The molecule has 6 aromatic carbocycles. The molecule has 3 saturated heterocycles. The van der Waals surface area contributed by atoms with Crippen LogP contribution in [0.1, 0.15) is 240 Å². The van der Waals surface area contributed by atoms with Gasteiger partial charge < -0.3 is 44.9 Å². The number of sulfonamides is 3. The fourth-order valence-corrected chi connectivity index (χ4v) is 22.8. The Morgan fingerprint density at radius 1 is 0.500 bits per heavy atom. The Morgan fingerprint density at radius 3 is 1.32 bits per heavy atom. The van der Waals surface area contributed by atoms with Gasteiger partial charge in [0.1, 0.15) is 51.4 Å². The van der Waals surface area contributed by atoms with E-state index in [4.69, 9.17) is 37.4 Å². The predicted octanol–water partition coefficient (Wildman–Crippen LogP) is 18.7. The number of fused-ring (bicyclic) bond motifs is 4. The third-order valence-corrected chi connectivity index (χ3v) is 33.4. The Balaban J connectivity index is 0.000000222. The van der Waals surface area contributed by atoms with Gasteiger partial charge in [0.15, 0.2) is 0 Å². The van der Waals surface area contributed by atoms with Crippen molar-refractivity contribution < 1.29 is 108 Å². The van der Waals surface area contributed by atoms with E-state index < -0.39 is 99.6 Å². The Bertz CT molecular complexity index is 5990. The molecular formula is C107H135Cl2F9N12O15S3. The summed E-state index contributed by atoms with van der Waals surface area (Å²) < 4.78 is 225. The number of ether oxygens (including phenoxy) is 3. The fraction of sp³-hybridized carbons (Fsp3) is 0.505. The quantitative estimate of drug-likeness (QED) is 0.0331. The summed E-state index contributed by atoms with van der Waals surface area (Å²) in [4.78, 5) is 97.1. The van der Waals surface area contributed by atoms with E-state index in [-0.39, 0.29) is 211 Å². The molecule has 41 heteroatoms. The average Bonchev–Trinajstić information content (AvgIpc) is 1.62. The van der Waals surface area contributed by atoms with Gasteiger partial charge in [-0.1, -0.05) is 81.3 Å². The monoisotopic (exact) mass is 2160 g/mol. The van der Waals surface area contributed by atoms with Crippen LogP contribution in [0.5, 0.6) is 17.2 Å². The number of amidine groups is 3. The van der Waals surface area contributed by atoms with Crippen LogP contribution in [0, 0.1) is 20.8 Å². The first-order valence-corrected chi connectivity index (χ1v) is 55.5. The molecule has 0 unspecified atom stereocenters. The van der Waals surface area contributed by atoms with Gasteiger partial charge >= 0.3 is 18.5 Å². The number of carbonyl (C=O) groups excluding carboxylic acids is 6. The van der Waals surface area contributed by atoms with Crippen LogP contribution in [0.25, 0.3) is 0 Å². The van der Waals surface area contributed by atoms with E-state index in [1.165, 1.54) is 31.1 Å². The van der Waals surface area contributed by atoms with E-state index in [1.54, 1.807) is 84.4 Å². The Labute approximate surface area is 872 Å². The standard InChI is InChI=1S/C36H45F3N4O5S.2C34H41F3N4O5S.C2H4Cl2.CH4/c1-5-7-9-10-11-17-42(4)33(44)28-13-12-27(26(3)22-28)14-21-49(46,47)43-18-15-35(16-19-43)34(45)40-32(41-35)29-23-30(36(37,38)39)25-31(24-29)48-20-8-6-2;2*1-24-20-26-11-10-25(24)12-19-47(44,45)41-16-13-33(14-17-41)32(43)38-30(39-33)27-21-28(34(35,36)37)23-29(22-27)46-18-9-7-5-3-4-6-8-15-40(2)31(26)42;3-1-2-4;/h5-6,12-13,22-25H,1-2,7-11,14-21H2,3-4H3,(H,40,41,45);2*5,7,10-11,20-23H,3-4,6,8-9,12-19H2,1-2H3,(H,38,39,43);1-2H2;1H4/b;7-5+;7-5-;;. The van der Waals surface area contributed by atoms with Gasteiger partial charge in [0.25, 0.3) is 35.4 Å². The molecule has 6 aromatic rings. The predicted molar refractivity (Wildman–Crippen MR) is 558 cm³/mol. The van der Waals surface area contributed by atoms with Crippen LogP contribution < -0.4 is 30.2 Å². The minimum atomic E-state index is -4.65. The van der Waals surface area contributed by atoms with Gasteiger partial charge in [0.05, 0.1) is 53.8 Å². The van der Waals surface area contributed by atoms with Crippen LogP contribution in [-0.4, -0.2) is 251 Å². The number of alkyl halides is 11. The highest BCUT2D eigenvalue weighted by molar-refractivity contribution is 7.89. The van der Waals surface area contributed by atoms with E-state index in [1.807, 2.05) is 63.3 Å². The molecule has 12 heterocycles. The highest BCUT2D eigenvalue weighted by atomic mass is 35.5. The van der Waals surface area contributed by atoms with E-state index in [0.29, 0.717) is 67.3 Å². The van der Waals surface area contributed by atoms with Gasteiger partial charge in [-0.25, -0.2) is 38.2 Å². The van der Waals surface area contributed by atoms with Gasteiger partial charge in [-0.3, -0.25) is 43.7 Å². The second-order valence-corrected chi connectivity index (χ2v) is 44.9. The van der Waals surface area contributed by atoms with Gasteiger partial charge in [-0.15, -0.1) is 36.4 Å². The van der Waals surface area contributed by atoms with Crippen molar-refractivity contribution in [3.8, 4) is 17.2 Å². The van der Waals surface area contributed by atoms with Crippen LogP contribution in [0.4, 0.5) is 39.5 Å². The minimum absolute atomic E-state index is 0. The highest BCUT2D eigenvalue weighted by Crippen LogP contribution is 2.42. The maximum Gasteiger partial charge on any atom is 0.416 e. The number of nitrogens with one attached hydrogen (secondary N) is 3. The zero-order valence-corrected chi connectivity index (χ0v) is 87.8. The summed E-state index contributed by atoms with van der Waals surface area (Å²) in [6.07, 6.45) is 11.2. The number of piperidine rings is 3. The number of hydrogen-bond donors (Lipinski definition) is 3. The van der Waals surface area contributed by atoms with Gasteiger partial charge in [0, 0.05) is 125 Å². The minimum Gasteiger partial charge on any atom is -0.493 e. The lowest BCUT2D eigenvalue weighted by Gasteiger charge is -2.34. The number of aryl methyl sites for hydroxylation is 6. The third-order valence-electron chi connectivity index (χ3n) is 27.2. The van der Waals surface area contributed by atoms with Crippen LogP contribution in [0.3, 0.4) is 0 Å². The molecule has 808 valence electrons. The summed E-state index contributed by atoms with van der Waals surface area (Å²) in [5.74, 6) is -0.953. The summed E-state index contributed by atoms with van der Waals surface area (Å²) in [6, 6.07) is 25.8. The van der Waals surface area contributed by atoms with Crippen LogP contribution in [0.2, 0.25) is 0 Å². The molecule has 0 aliphatic carbocycles. The number of carbonyl (C=O) groups is 6.